The molecule has 0 aliphatic rings. The molecule has 0 aliphatic heterocycles. The van der Waals surface area contributed by atoms with Crippen molar-refractivity contribution in [3.8, 4) is 5.75 Å². The van der Waals surface area contributed by atoms with Gasteiger partial charge in [-0.1, -0.05) is 23.7 Å². The number of imidazole rings is 1. The van der Waals surface area contributed by atoms with Crippen LogP contribution >= 0.6 is 11.6 Å². The molecule has 2 heterocycles. The lowest BCUT2D eigenvalue weighted by molar-refractivity contribution is 0.0953. The second-order valence-corrected chi connectivity index (χ2v) is 8.37. The number of carbonyl (C=O) groups is 1. The number of aromatic nitrogens is 3. The standard InChI is InChI=1S/C26H27ClN4O2/c1-18-15-21(16-19(2)25(18)27)33-14-6-13-31-23-9-4-3-8-22(23)30-24(31)10-12-29-26(32)20-7-5-11-28-17-20/h3-5,7-9,11,15-17H,6,10,12-14H2,1-2H3,(H,29,32). The molecule has 4 aromatic rings. The second-order valence-electron chi connectivity index (χ2n) is 7.99. The van der Waals surface area contributed by atoms with Crippen LogP contribution in [-0.4, -0.2) is 33.6 Å². The zero-order valence-electron chi connectivity index (χ0n) is 18.8. The van der Waals surface area contributed by atoms with Gasteiger partial charge in [0.25, 0.3) is 5.91 Å². The van der Waals surface area contributed by atoms with Crippen LogP contribution in [0.5, 0.6) is 5.75 Å². The summed E-state index contributed by atoms with van der Waals surface area (Å²) in [4.78, 5) is 21.1. The van der Waals surface area contributed by atoms with Crippen molar-refractivity contribution in [2.45, 2.75) is 33.2 Å². The van der Waals surface area contributed by atoms with Gasteiger partial charge in [-0.2, -0.15) is 0 Å². The fourth-order valence-corrected chi connectivity index (χ4v) is 3.96. The Hall–Kier alpha value is -3.38. The summed E-state index contributed by atoms with van der Waals surface area (Å²) in [5.41, 5.74) is 4.63. The number of nitrogens with zero attached hydrogens (tertiary/aromatic N) is 3. The quantitative estimate of drug-likeness (QED) is 0.349. The van der Waals surface area contributed by atoms with E-state index in [4.69, 9.17) is 21.3 Å². The van der Waals surface area contributed by atoms with E-state index in [-0.39, 0.29) is 5.91 Å². The topological polar surface area (TPSA) is 69.0 Å². The molecule has 33 heavy (non-hydrogen) atoms. The van der Waals surface area contributed by atoms with Crippen molar-refractivity contribution in [2.24, 2.45) is 0 Å². The van der Waals surface area contributed by atoms with Crippen LogP contribution in [0.1, 0.15) is 33.7 Å². The van der Waals surface area contributed by atoms with Gasteiger partial charge in [-0.25, -0.2) is 4.98 Å². The normalized spacial score (nSPS) is 11.0. The van der Waals surface area contributed by atoms with Gasteiger partial charge < -0.3 is 14.6 Å². The third kappa shape index (κ3) is 5.52. The molecule has 4 rings (SSSR count). The molecule has 0 radical (unpaired) electrons. The van der Waals surface area contributed by atoms with E-state index in [1.807, 2.05) is 44.2 Å². The van der Waals surface area contributed by atoms with E-state index in [9.17, 15) is 4.79 Å². The minimum Gasteiger partial charge on any atom is -0.494 e. The largest absolute Gasteiger partial charge is 0.494 e. The summed E-state index contributed by atoms with van der Waals surface area (Å²) in [6, 6.07) is 15.5. The van der Waals surface area contributed by atoms with Crippen LogP contribution in [0.15, 0.2) is 60.9 Å². The van der Waals surface area contributed by atoms with E-state index < -0.39 is 0 Å². The first-order chi connectivity index (χ1) is 16.0. The zero-order valence-corrected chi connectivity index (χ0v) is 19.6. The summed E-state index contributed by atoms with van der Waals surface area (Å²) in [5.74, 6) is 1.65. The van der Waals surface area contributed by atoms with Crippen LogP contribution in [0, 0.1) is 13.8 Å². The highest BCUT2D eigenvalue weighted by Gasteiger charge is 2.12. The Balaban J connectivity index is 1.38. The maximum absolute atomic E-state index is 12.3. The number of benzene rings is 2. The molecule has 0 saturated carbocycles. The summed E-state index contributed by atoms with van der Waals surface area (Å²) in [6.45, 7) is 5.83. The Bertz CT molecular complexity index is 1230. The molecule has 2 aromatic carbocycles. The Kier molecular flexibility index (Phi) is 7.25. The second kappa shape index (κ2) is 10.5. The van der Waals surface area contributed by atoms with E-state index >= 15 is 0 Å². The Morgan fingerprint density at radius 1 is 1.12 bits per heavy atom. The number of halogens is 1. The number of nitrogens with one attached hydrogen (secondary N) is 1. The molecule has 0 saturated heterocycles. The summed E-state index contributed by atoms with van der Waals surface area (Å²) in [5, 5.41) is 3.74. The molecule has 0 unspecified atom stereocenters. The maximum Gasteiger partial charge on any atom is 0.252 e. The number of carbonyl (C=O) groups excluding carboxylic acids is 1. The average molecular weight is 463 g/mol. The summed E-state index contributed by atoms with van der Waals surface area (Å²) >= 11 is 6.25. The summed E-state index contributed by atoms with van der Waals surface area (Å²) in [7, 11) is 0. The molecule has 1 N–H and O–H groups in total. The number of rotatable bonds is 9. The molecule has 170 valence electrons. The van der Waals surface area contributed by atoms with Gasteiger partial charge in [0.1, 0.15) is 11.6 Å². The summed E-state index contributed by atoms with van der Waals surface area (Å²) < 4.78 is 8.19. The predicted octanol–water partition coefficient (Wildman–Crippen LogP) is 5.14. The molecule has 7 heteroatoms. The van der Waals surface area contributed by atoms with Gasteiger partial charge in [0.2, 0.25) is 0 Å². The molecule has 0 fully saturated rings. The fourth-order valence-electron chi connectivity index (χ4n) is 3.85. The van der Waals surface area contributed by atoms with Crippen LogP contribution in [0.25, 0.3) is 11.0 Å². The highest BCUT2D eigenvalue weighted by molar-refractivity contribution is 6.32. The molecule has 0 atom stereocenters. The number of ether oxygens (including phenoxy) is 1. The Morgan fingerprint density at radius 3 is 2.67 bits per heavy atom. The Morgan fingerprint density at radius 2 is 1.91 bits per heavy atom. The molecule has 2 aromatic heterocycles. The lowest BCUT2D eigenvalue weighted by atomic mass is 10.1. The van der Waals surface area contributed by atoms with Crippen molar-refractivity contribution in [1.82, 2.24) is 19.9 Å². The van der Waals surface area contributed by atoms with Crippen molar-refractivity contribution >= 4 is 28.5 Å². The van der Waals surface area contributed by atoms with Gasteiger partial charge in [0, 0.05) is 36.9 Å². The lowest BCUT2D eigenvalue weighted by Crippen LogP contribution is -2.26. The van der Waals surface area contributed by atoms with E-state index in [1.54, 1.807) is 24.5 Å². The molecule has 0 bridgehead atoms. The van der Waals surface area contributed by atoms with Gasteiger partial charge in [0.15, 0.2) is 0 Å². The van der Waals surface area contributed by atoms with Gasteiger partial charge in [-0.05, 0) is 67.8 Å². The van der Waals surface area contributed by atoms with Gasteiger partial charge in [0.05, 0.1) is 23.2 Å². The van der Waals surface area contributed by atoms with Gasteiger partial charge in [-0.3, -0.25) is 9.78 Å². The average Bonchev–Trinajstić information content (AvgIpc) is 3.18. The highest BCUT2D eigenvalue weighted by Crippen LogP contribution is 2.26. The molecule has 0 spiro atoms. The minimum absolute atomic E-state index is 0.132. The monoisotopic (exact) mass is 462 g/mol. The number of amides is 1. The Labute approximate surface area is 198 Å². The fraction of sp³-hybridized carbons (Fsp3) is 0.269. The number of aryl methyl sites for hydroxylation is 3. The van der Waals surface area contributed by atoms with Crippen molar-refractivity contribution in [3.63, 3.8) is 0 Å². The first-order valence-corrected chi connectivity index (χ1v) is 11.4. The predicted molar refractivity (Wildman–Crippen MR) is 131 cm³/mol. The minimum atomic E-state index is -0.132. The van der Waals surface area contributed by atoms with Crippen LogP contribution in [-0.2, 0) is 13.0 Å². The van der Waals surface area contributed by atoms with E-state index in [2.05, 4.69) is 20.9 Å². The third-order valence-corrected chi connectivity index (χ3v) is 6.09. The summed E-state index contributed by atoms with van der Waals surface area (Å²) in [6.07, 6.45) is 4.68. The van der Waals surface area contributed by atoms with Gasteiger partial charge >= 0.3 is 0 Å². The van der Waals surface area contributed by atoms with Crippen molar-refractivity contribution in [2.75, 3.05) is 13.2 Å². The number of pyridine rings is 1. The van der Waals surface area contributed by atoms with Crippen molar-refractivity contribution in [3.05, 3.63) is 88.5 Å². The van der Waals surface area contributed by atoms with Crippen LogP contribution in [0.2, 0.25) is 5.02 Å². The first kappa shape index (κ1) is 22.8. The van der Waals surface area contributed by atoms with Crippen LogP contribution < -0.4 is 10.1 Å². The number of hydrogen-bond donors (Lipinski definition) is 1. The number of hydrogen-bond acceptors (Lipinski definition) is 4. The zero-order chi connectivity index (χ0) is 23.2. The molecular weight excluding hydrogens is 436 g/mol. The maximum atomic E-state index is 12.3. The van der Waals surface area contributed by atoms with Gasteiger partial charge in [-0.15, -0.1) is 0 Å². The third-order valence-electron chi connectivity index (χ3n) is 5.50. The van der Waals surface area contributed by atoms with Crippen molar-refractivity contribution < 1.29 is 9.53 Å². The van der Waals surface area contributed by atoms with E-state index in [1.165, 1.54) is 0 Å². The lowest BCUT2D eigenvalue weighted by Gasteiger charge is -2.12. The van der Waals surface area contributed by atoms with E-state index in [0.29, 0.717) is 25.1 Å². The smallest absolute Gasteiger partial charge is 0.252 e. The number of para-hydroxylation sites is 2. The van der Waals surface area contributed by atoms with E-state index in [0.717, 1.165) is 51.7 Å². The molecule has 1 amide bonds. The van der Waals surface area contributed by atoms with Crippen LogP contribution in [0.4, 0.5) is 0 Å². The molecular formula is C26H27ClN4O2. The SMILES string of the molecule is Cc1cc(OCCCn2c(CCNC(=O)c3cccnc3)nc3ccccc32)cc(C)c1Cl. The number of fused-ring (bicyclic) bond motifs is 1. The van der Waals surface area contributed by atoms with Crippen LogP contribution in [0.3, 0.4) is 0 Å². The van der Waals surface area contributed by atoms with Crippen molar-refractivity contribution in [1.29, 1.82) is 0 Å². The molecule has 0 aliphatic carbocycles. The first-order valence-electron chi connectivity index (χ1n) is 11.0. The highest BCUT2D eigenvalue weighted by atomic mass is 35.5. The molecule has 6 nitrogen and oxygen atoms in total.